The fourth-order valence-corrected chi connectivity index (χ4v) is 5.13. The van der Waals surface area contributed by atoms with Gasteiger partial charge in [0.05, 0.1) is 5.52 Å². The second-order valence-electron chi connectivity index (χ2n) is 9.79. The Morgan fingerprint density at radius 2 is 1.65 bits per heavy atom. The fraction of sp³-hybridized carbons (Fsp3) is 0.241. The molecule has 0 spiro atoms. The smallest absolute Gasteiger partial charge is 0.414 e. The number of ether oxygens (including phenoxy) is 1. The van der Waals surface area contributed by atoms with E-state index in [9.17, 15) is 18.4 Å². The minimum atomic E-state index is -0.651. The van der Waals surface area contributed by atoms with Crippen molar-refractivity contribution in [1.82, 2.24) is 4.57 Å². The van der Waals surface area contributed by atoms with Crippen LogP contribution >= 0.6 is 11.8 Å². The summed E-state index contributed by atoms with van der Waals surface area (Å²) in [5.41, 5.74) is 1.79. The maximum atomic E-state index is 13.9. The Balaban J connectivity index is 1.80. The van der Waals surface area contributed by atoms with E-state index in [2.05, 4.69) is 0 Å². The lowest BCUT2D eigenvalue weighted by molar-refractivity contribution is 0.0589. The minimum Gasteiger partial charge on any atom is -0.443 e. The highest BCUT2D eigenvalue weighted by molar-refractivity contribution is 7.99. The van der Waals surface area contributed by atoms with Gasteiger partial charge in [-0.15, -0.1) is 0 Å². The molecule has 3 aromatic carbocycles. The number of hydrogen-bond acceptors (Lipinski definition) is 4. The first-order valence-corrected chi connectivity index (χ1v) is 12.6. The highest BCUT2D eigenvalue weighted by atomic mass is 32.2. The van der Waals surface area contributed by atoms with Crippen LogP contribution in [0, 0.1) is 11.6 Å². The number of rotatable bonds is 6. The van der Waals surface area contributed by atoms with E-state index in [1.165, 1.54) is 35.7 Å². The van der Waals surface area contributed by atoms with Crippen molar-refractivity contribution in [3.8, 4) is 0 Å². The lowest BCUT2D eigenvalue weighted by Gasteiger charge is -2.24. The molecular weight excluding hydrogens is 494 g/mol. The maximum absolute atomic E-state index is 13.9. The largest absolute Gasteiger partial charge is 0.443 e. The molecule has 0 saturated heterocycles. The van der Waals surface area contributed by atoms with E-state index >= 15 is 0 Å². The zero-order valence-corrected chi connectivity index (χ0v) is 22.2. The molecule has 0 aliphatic heterocycles. The number of halogens is 2. The monoisotopic (exact) mass is 522 g/mol. The summed E-state index contributed by atoms with van der Waals surface area (Å²) in [6.45, 7) is 7.13. The molecule has 4 rings (SSSR count). The number of amides is 1. The van der Waals surface area contributed by atoms with Crippen LogP contribution in [-0.2, 0) is 11.3 Å². The van der Waals surface area contributed by atoms with Crippen molar-refractivity contribution in [3.05, 3.63) is 89.6 Å². The molecule has 0 radical (unpaired) electrons. The Kier molecular flexibility index (Phi) is 7.41. The van der Waals surface area contributed by atoms with E-state index in [1.807, 2.05) is 47.2 Å². The fourth-order valence-electron chi connectivity index (χ4n) is 3.97. The molecule has 4 aromatic rings. The van der Waals surface area contributed by atoms with E-state index in [0.717, 1.165) is 26.8 Å². The third-order valence-electron chi connectivity index (χ3n) is 5.65. The van der Waals surface area contributed by atoms with Gasteiger partial charge in [0.25, 0.3) is 0 Å². The third kappa shape index (κ3) is 6.20. The first kappa shape index (κ1) is 26.4. The standard InChI is InChI=1S/C29H28F2N2O3S/c1-18(34)23-8-6-7-9-26(23)37-27-17-33(16-19-12-20(30)14-21(31)13-19)25-15-22(10-11-24(25)27)32(5)28(35)36-29(2,3)4/h6-15,17H,16H2,1-5H3. The summed E-state index contributed by atoms with van der Waals surface area (Å²) < 4.78 is 35.2. The van der Waals surface area contributed by atoms with Gasteiger partial charge in [0.1, 0.15) is 17.2 Å². The molecule has 0 fully saturated rings. The molecule has 5 nitrogen and oxygen atoms in total. The van der Waals surface area contributed by atoms with Gasteiger partial charge in [-0.3, -0.25) is 9.69 Å². The van der Waals surface area contributed by atoms with Crippen molar-refractivity contribution in [2.75, 3.05) is 11.9 Å². The van der Waals surface area contributed by atoms with Crippen molar-refractivity contribution in [1.29, 1.82) is 0 Å². The number of nitrogens with zero attached hydrogens (tertiary/aromatic N) is 2. The quantitative estimate of drug-likeness (QED) is 0.244. The Bertz CT molecular complexity index is 1470. The van der Waals surface area contributed by atoms with E-state index in [0.29, 0.717) is 16.8 Å². The van der Waals surface area contributed by atoms with E-state index < -0.39 is 23.3 Å². The average molecular weight is 523 g/mol. The van der Waals surface area contributed by atoms with Crippen LogP contribution in [0.1, 0.15) is 43.6 Å². The van der Waals surface area contributed by atoms with Gasteiger partial charge in [-0.2, -0.15) is 0 Å². The van der Waals surface area contributed by atoms with Crippen LogP contribution in [0.3, 0.4) is 0 Å². The summed E-state index contributed by atoms with van der Waals surface area (Å²) in [6.07, 6.45) is 1.40. The number of anilines is 1. The van der Waals surface area contributed by atoms with Crippen molar-refractivity contribution >= 4 is 40.2 Å². The molecule has 0 atom stereocenters. The van der Waals surface area contributed by atoms with Crippen molar-refractivity contribution in [3.63, 3.8) is 0 Å². The van der Waals surface area contributed by atoms with Crippen LogP contribution in [0.5, 0.6) is 0 Å². The summed E-state index contributed by atoms with van der Waals surface area (Å²) in [4.78, 5) is 27.9. The van der Waals surface area contributed by atoms with Crippen LogP contribution in [0.2, 0.25) is 0 Å². The van der Waals surface area contributed by atoms with Crippen LogP contribution in [0.15, 0.2) is 76.7 Å². The molecule has 0 N–H and O–H groups in total. The zero-order valence-electron chi connectivity index (χ0n) is 21.3. The average Bonchev–Trinajstić information content (AvgIpc) is 3.13. The van der Waals surface area contributed by atoms with Crippen molar-refractivity contribution in [2.24, 2.45) is 0 Å². The van der Waals surface area contributed by atoms with Gasteiger partial charge in [0, 0.05) is 52.3 Å². The summed E-state index contributed by atoms with van der Waals surface area (Å²) in [7, 11) is 1.63. The third-order valence-corrected chi connectivity index (χ3v) is 6.77. The lowest BCUT2D eigenvalue weighted by atomic mass is 10.1. The first-order valence-electron chi connectivity index (χ1n) is 11.7. The number of benzene rings is 3. The molecule has 0 saturated carbocycles. The molecule has 1 amide bonds. The summed E-state index contributed by atoms with van der Waals surface area (Å²) >= 11 is 1.44. The molecule has 37 heavy (non-hydrogen) atoms. The molecule has 0 bridgehead atoms. The van der Waals surface area contributed by atoms with E-state index in [1.54, 1.807) is 33.9 Å². The number of fused-ring (bicyclic) bond motifs is 1. The van der Waals surface area contributed by atoms with Gasteiger partial charge in [-0.25, -0.2) is 13.6 Å². The van der Waals surface area contributed by atoms with Gasteiger partial charge >= 0.3 is 6.09 Å². The molecule has 0 aliphatic carbocycles. The Hall–Kier alpha value is -3.65. The highest BCUT2D eigenvalue weighted by Crippen LogP contribution is 2.38. The second-order valence-corrected chi connectivity index (χ2v) is 10.9. The van der Waals surface area contributed by atoms with Gasteiger partial charge < -0.3 is 9.30 Å². The Morgan fingerprint density at radius 1 is 0.973 bits per heavy atom. The molecule has 1 heterocycles. The number of aromatic nitrogens is 1. The van der Waals surface area contributed by atoms with Gasteiger partial charge in [-0.05, 0) is 69.7 Å². The molecular formula is C29H28F2N2O3S. The maximum Gasteiger partial charge on any atom is 0.414 e. The van der Waals surface area contributed by atoms with E-state index in [-0.39, 0.29) is 12.3 Å². The number of carbonyl (C=O) groups excluding carboxylic acids is 2. The lowest BCUT2D eigenvalue weighted by Crippen LogP contribution is -2.34. The SMILES string of the molecule is CC(=O)c1ccccc1Sc1cn(Cc2cc(F)cc(F)c2)c2cc(N(C)C(=O)OC(C)(C)C)ccc12. The molecule has 8 heteroatoms. The number of ketones is 1. The van der Waals surface area contributed by atoms with Gasteiger partial charge in [0.15, 0.2) is 5.78 Å². The molecule has 1 aromatic heterocycles. The Morgan fingerprint density at radius 3 is 2.30 bits per heavy atom. The Labute approximate surface area is 219 Å². The summed E-state index contributed by atoms with van der Waals surface area (Å²) in [5, 5.41) is 0.876. The van der Waals surface area contributed by atoms with Crippen molar-refractivity contribution in [2.45, 2.75) is 49.6 Å². The number of Topliss-reactive ketones (excluding diaryl/α,β-unsaturated/α-hetero) is 1. The van der Waals surface area contributed by atoms with Crippen LogP contribution < -0.4 is 4.90 Å². The highest BCUT2D eigenvalue weighted by Gasteiger charge is 2.22. The number of carbonyl (C=O) groups is 2. The van der Waals surface area contributed by atoms with Crippen molar-refractivity contribution < 1.29 is 23.1 Å². The minimum absolute atomic E-state index is 0.0386. The predicted octanol–water partition coefficient (Wildman–Crippen LogP) is 7.69. The molecule has 192 valence electrons. The van der Waals surface area contributed by atoms with Gasteiger partial charge in [0.2, 0.25) is 0 Å². The first-order chi connectivity index (χ1) is 17.4. The zero-order chi connectivity index (χ0) is 26.9. The van der Waals surface area contributed by atoms with Crippen LogP contribution in [0.4, 0.5) is 19.3 Å². The molecule has 0 unspecified atom stereocenters. The summed E-state index contributed by atoms with van der Waals surface area (Å²) in [6, 6.07) is 16.4. The molecule has 0 aliphatic rings. The van der Waals surface area contributed by atoms with Crippen LogP contribution in [0.25, 0.3) is 10.9 Å². The topological polar surface area (TPSA) is 51.5 Å². The van der Waals surface area contributed by atoms with Gasteiger partial charge in [-0.1, -0.05) is 30.0 Å². The second kappa shape index (κ2) is 10.4. The van der Waals surface area contributed by atoms with E-state index in [4.69, 9.17) is 4.74 Å². The normalized spacial score (nSPS) is 11.5. The summed E-state index contributed by atoms with van der Waals surface area (Å²) in [5.74, 6) is -1.34. The number of hydrogen-bond donors (Lipinski definition) is 0. The van der Waals surface area contributed by atoms with Crippen LogP contribution in [-0.4, -0.2) is 29.1 Å². The predicted molar refractivity (Wildman–Crippen MR) is 143 cm³/mol.